The molecule has 0 aliphatic carbocycles. The highest BCUT2D eigenvalue weighted by atomic mass is 19.4. The Labute approximate surface area is 217 Å². The number of carbonyl (C=O) groups excluding carboxylic acids is 1. The second-order valence-electron chi connectivity index (χ2n) is 9.24. The fourth-order valence-electron chi connectivity index (χ4n) is 4.05. The number of nitrogens with zero attached hydrogens (tertiary/aromatic N) is 3. The average molecular weight is 522 g/mol. The van der Waals surface area contributed by atoms with Gasteiger partial charge in [0.15, 0.2) is 0 Å². The van der Waals surface area contributed by atoms with E-state index in [4.69, 9.17) is 4.79 Å². The molecule has 2 fully saturated rings. The Morgan fingerprint density at radius 2 is 1.38 bits per heavy atom. The Hall–Kier alpha value is -2.70. The minimum Gasteiger partial charge on any atom is -0.437 e. The van der Waals surface area contributed by atoms with E-state index < -0.39 is 12.5 Å². The first kappa shape index (κ1) is 30.5. The van der Waals surface area contributed by atoms with Crippen LogP contribution in [-0.2, 0) is 4.79 Å². The Morgan fingerprint density at radius 3 is 1.76 bits per heavy atom. The largest absolute Gasteiger partial charge is 0.446 e. The van der Waals surface area contributed by atoms with Crippen LogP contribution in [-0.4, -0.2) is 77.6 Å². The number of hydrogen-bond acceptors (Lipinski definition) is 8. The van der Waals surface area contributed by atoms with Gasteiger partial charge in [-0.2, -0.15) is 13.2 Å². The van der Waals surface area contributed by atoms with Crippen molar-refractivity contribution in [1.29, 1.82) is 0 Å². The SMILES string of the molecule is CB(O)N1CCC(Nc2cccc(C)n2)CC1.Cc1cccc(NC2CCNCC2)n1.O=CC(F)(F)F. The molecule has 4 rings (SSSR count). The molecule has 4 heterocycles. The fourth-order valence-corrected chi connectivity index (χ4v) is 4.05. The number of piperidine rings is 2. The monoisotopic (exact) mass is 522 g/mol. The molecule has 2 aliphatic heterocycles. The van der Waals surface area contributed by atoms with Gasteiger partial charge in [-0.15, -0.1) is 0 Å². The van der Waals surface area contributed by atoms with Gasteiger partial charge in [-0.05, 0) is 96.8 Å². The third-order valence-electron chi connectivity index (χ3n) is 6.01. The fraction of sp³-hybridized carbons (Fsp3) is 0.560. The predicted molar refractivity (Wildman–Crippen MR) is 142 cm³/mol. The Balaban J connectivity index is 0.000000217. The lowest BCUT2D eigenvalue weighted by Crippen LogP contribution is -2.45. The summed E-state index contributed by atoms with van der Waals surface area (Å²) in [6.45, 7) is 9.97. The third kappa shape index (κ3) is 12.9. The lowest BCUT2D eigenvalue weighted by molar-refractivity contribution is -0.156. The molecule has 0 radical (unpaired) electrons. The van der Waals surface area contributed by atoms with E-state index in [1.807, 2.05) is 57.1 Å². The van der Waals surface area contributed by atoms with E-state index in [0.29, 0.717) is 12.1 Å². The molecule has 2 saturated heterocycles. The quantitative estimate of drug-likeness (QED) is 0.349. The van der Waals surface area contributed by atoms with Crippen LogP contribution in [0.2, 0.25) is 6.82 Å². The summed E-state index contributed by atoms with van der Waals surface area (Å²) in [6.07, 6.45) is -1.21. The molecular formula is C25H38BF3N6O2. The van der Waals surface area contributed by atoms with Gasteiger partial charge in [0, 0.05) is 23.5 Å². The van der Waals surface area contributed by atoms with E-state index >= 15 is 0 Å². The highest BCUT2D eigenvalue weighted by molar-refractivity contribution is 6.45. The number of aldehydes is 1. The summed E-state index contributed by atoms with van der Waals surface area (Å²) < 4.78 is 31.2. The second kappa shape index (κ2) is 15.5. The van der Waals surface area contributed by atoms with Crippen molar-refractivity contribution in [3.8, 4) is 0 Å². The zero-order valence-electron chi connectivity index (χ0n) is 21.8. The van der Waals surface area contributed by atoms with E-state index in [-0.39, 0.29) is 7.05 Å². The van der Waals surface area contributed by atoms with Gasteiger partial charge in [0.05, 0.1) is 0 Å². The molecule has 8 nitrogen and oxygen atoms in total. The maximum Gasteiger partial charge on any atom is 0.446 e. The molecule has 37 heavy (non-hydrogen) atoms. The van der Waals surface area contributed by atoms with Crippen LogP contribution in [0.1, 0.15) is 37.1 Å². The summed E-state index contributed by atoms with van der Waals surface area (Å²) in [4.78, 5) is 19.7. The Bertz CT molecular complexity index is 937. The van der Waals surface area contributed by atoms with Gasteiger partial charge < -0.3 is 25.8 Å². The van der Waals surface area contributed by atoms with E-state index in [2.05, 4.69) is 30.7 Å². The summed E-state index contributed by atoms with van der Waals surface area (Å²) in [5.74, 6) is 1.97. The molecule has 0 unspecified atom stereocenters. The van der Waals surface area contributed by atoms with Crippen LogP contribution in [0.5, 0.6) is 0 Å². The van der Waals surface area contributed by atoms with E-state index in [9.17, 15) is 18.2 Å². The number of aryl methyl sites for hydroxylation is 2. The Kier molecular flexibility index (Phi) is 12.8. The maximum absolute atomic E-state index is 10.4. The molecule has 2 aromatic heterocycles. The topological polar surface area (TPSA) is 102 Å². The maximum atomic E-state index is 10.4. The molecule has 0 saturated carbocycles. The van der Waals surface area contributed by atoms with Crippen molar-refractivity contribution < 1.29 is 23.0 Å². The number of anilines is 2. The zero-order valence-corrected chi connectivity index (χ0v) is 21.8. The van der Waals surface area contributed by atoms with Crippen molar-refractivity contribution in [2.75, 3.05) is 36.8 Å². The van der Waals surface area contributed by atoms with Gasteiger partial charge in [0.2, 0.25) is 6.29 Å². The highest BCUT2D eigenvalue weighted by Crippen LogP contribution is 2.16. The number of nitrogens with one attached hydrogen (secondary N) is 3. The van der Waals surface area contributed by atoms with Gasteiger partial charge in [-0.25, -0.2) is 9.97 Å². The van der Waals surface area contributed by atoms with Crippen LogP contribution in [0, 0.1) is 13.8 Å². The molecular weight excluding hydrogens is 484 g/mol. The smallest absolute Gasteiger partial charge is 0.437 e. The molecule has 0 atom stereocenters. The number of hydrogen-bond donors (Lipinski definition) is 4. The highest BCUT2D eigenvalue weighted by Gasteiger charge is 2.25. The summed E-state index contributed by atoms with van der Waals surface area (Å²) in [6, 6.07) is 13.2. The van der Waals surface area contributed by atoms with Crippen LogP contribution < -0.4 is 16.0 Å². The first-order valence-corrected chi connectivity index (χ1v) is 12.6. The number of alkyl halides is 3. The van der Waals surface area contributed by atoms with Crippen molar-refractivity contribution in [3.63, 3.8) is 0 Å². The number of carbonyl (C=O) groups is 1. The van der Waals surface area contributed by atoms with Gasteiger partial charge in [-0.3, -0.25) is 4.79 Å². The van der Waals surface area contributed by atoms with Crippen molar-refractivity contribution in [1.82, 2.24) is 20.1 Å². The van der Waals surface area contributed by atoms with Gasteiger partial charge in [0.25, 0.3) is 0 Å². The molecule has 0 spiro atoms. The first-order chi connectivity index (χ1) is 17.6. The van der Waals surface area contributed by atoms with Crippen molar-refractivity contribution in [2.45, 2.75) is 64.6 Å². The predicted octanol–water partition coefficient (Wildman–Crippen LogP) is 3.68. The first-order valence-electron chi connectivity index (χ1n) is 12.6. The lowest BCUT2D eigenvalue weighted by Gasteiger charge is -2.33. The van der Waals surface area contributed by atoms with Gasteiger partial charge in [-0.1, -0.05) is 12.1 Å². The van der Waals surface area contributed by atoms with E-state index in [1.165, 1.54) is 12.8 Å². The van der Waals surface area contributed by atoms with Crippen LogP contribution in [0.25, 0.3) is 0 Å². The second-order valence-corrected chi connectivity index (χ2v) is 9.24. The zero-order chi connectivity index (χ0) is 27.3. The molecule has 0 aromatic carbocycles. The molecule has 0 amide bonds. The molecule has 2 aromatic rings. The molecule has 2 aliphatic rings. The minimum atomic E-state index is -4.64. The number of halogens is 3. The minimum absolute atomic E-state index is 0.326. The van der Waals surface area contributed by atoms with Crippen LogP contribution in [0.3, 0.4) is 0 Å². The summed E-state index contributed by atoms with van der Waals surface area (Å²) in [5.41, 5.74) is 2.11. The average Bonchev–Trinajstić information content (AvgIpc) is 2.85. The van der Waals surface area contributed by atoms with Gasteiger partial charge in [0.1, 0.15) is 11.6 Å². The molecule has 12 heteroatoms. The normalized spacial score (nSPS) is 16.9. The van der Waals surface area contributed by atoms with Crippen molar-refractivity contribution in [2.24, 2.45) is 0 Å². The van der Waals surface area contributed by atoms with Gasteiger partial charge >= 0.3 is 13.2 Å². The Morgan fingerprint density at radius 1 is 0.946 bits per heavy atom. The molecule has 204 valence electrons. The summed E-state index contributed by atoms with van der Waals surface area (Å²) in [5, 5.41) is 19.8. The number of rotatable bonds is 5. The van der Waals surface area contributed by atoms with E-state index in [1.54, 1.807) is 0 Å². The van der Waals surface area contributed by atoms with E-state index in [0.717, 1.165) is 62.0 Å². The van der Waals surface area contributed by atoms with Crippen LogP contribution in [0.4, 0.5) is 24.8 Å². The summed E-state index contributed by atoms with van der Waals surface area (Å²) in [7, 11) is -0.326. The summed E-state index contributed by atoms with van der Waals surface area (Å²) >= 11 is 0. The number of pyridine rings is 2. The molecule has 4 N–H and O–H groups in total. The standard InChI is InChI=1S/C12H20BN3O.C11H17N3.C2HF3O/c1-10-4-3-5-12(14-10)15-11-6-8-16(9-7-11)13(2)17;1-9-3-2-4-11(13-9)14-10-5-7-12-8-6-10;3-2(4,5)1-6/h3-5,11,17H,6-9H2,1-2H3,(H,14,15);2-4,10,12H,5-8H2,1H3,(H,13,14);1H. The molecule has 0 bridgehead atoms. The van der Waals surface area contributed by atoms with Crippen molar-refractivity contribution in [3.05, 3.63) is 47.8 Å². The lowest BCUT2D eigenvalue weighted by atomic mass is 9.82. The van der Waals surface area contributed by atoms with Crippen LogP contribution >= 0.6 is 0 Å². The van der Waals surface area contributed by atoms with Crippen molar-refractivity contribution >= 4 is 25.0 Å². The van der Waals surface area contributed by atoms with Crippen LogP contribution in [0.15, 0.2) is 36.4 Å². The number of aromatic nitrogens is 2. The third-order valence-corrected chi connectivity index (χ3v) is 6.01.